The summed E-state index contributed by atoms with van der Waals surface area (Å²) in [6.07, 6.45) is 0. The predicted octanol–water partition coefficient (Wildman–Crippen LogP) is 1.19. The molecule has 1 N–H and O–H groups in total. The van der Waals surface area contributed by atoms with Gasteiger partial charge in [0.2, 0.25) is 0 Å². The standard InChI is InChI=1S/C15H16N4O3S/c1-10-11(2)17-19(12(10)3)9-15(20)18-23(21,22)14-7-5-4-6-13(14)8-16/h4-7H,9H2,1-3H3,(H,18,20). The number of amides is 1. The van der Waals surface area contributed by atoms with Gasteiger partial charge in [0.1, 0.15) is 17.5 Å². The van der Waals surface area contributed by atoms with E-state index < -0.39 is 15.9 Å². The van der Waals surface area contributed by atoms with Crippen LogP contribution in [0.5, 0.6) is 0 Å². The largest absolute Gasteiger partial charge is 0.272 e. The fourth-order valence-electron chi connectivity index (χ4n) is 2.11. The summed E-state index contributed by atoms with van der Waals surface area (Å²) in [5.41, 5.74) is 2.52. The molecule has 0 unspecified atom stereocenters. The number of benzene rings is 1. The second-order valence-electron chi connectivity index (χ2n) is 5.09. The lowest BCUT2D eigenvalue weighted by molar-refractivity contribution is -0.120. The zero-order valence-electron chi connectivity index (χ0n) is 13.0. The summed E-state index contributed by atoms with van der Waals surface area (Å²) >= 11 is 0. The second-order valence-corrected chi connectivity index (χ2v) is 6.74. The number of aromatic nitrogens is 2. The Morgan fingerprint density at radius 1 is 1.30 bits per heavy atom. The minimum atomic E-state index is -4.10. The van der Waals surface area contributed by atoms with Gasteiger partial charge in [0.15, 0.2) is 0 Å². The summed E-state index contributed by atoms with van der Waals surface area (Å²) in [5, 5.41) is 13.2. The van der Waals surface area contributed by atoms with E-state index in [9.17, 15) is 13.2 Å². The van der Waals surface area contributed by atoms with Crippen molar-refractivity contribution in [2.24, 2.45) is 0 Å². The van der Waals surface area contributed by atoms with E-state index in [1.54, 1.807) is 12.1 Å². The molecule has 2 rings (SSSR count). The zero-order valence-corrected chi connectivity index (χ0v) is 13.8. The number of nitrogens with zero attached hydrogens (tertiary/aromatic N) is 3. The van der Waals surface area contributed by atoms with Crippen LogP contribution in [0.1, 0.15) is 22.5 Å². The van der Waals surface area contributed by atoms with Crippen molar-refractivity contribution in [3.8, 4) is 6.07 Å². The van der Waals surface area contributed by atoms with Crippen molar-refractivity contribution in [3.05, 3.63) is 46.8 Å². The molecule has 0 saturated carbocycles. The molecule has 0 radical (unpaired) electrons. The molecule has 8 heteroatoms. The summed E-state index contributed by atoms with van der Waals surface area (Å²) in [6, 6.07) is 7.50. The maximum absolute atomic E-state index is 12.3. The third-order valence-electron chi connectivity index (χ3n) is 3.58. The van der Waals surface area contributed by atoms with Gasteiger partial charge in [-0.1, -0.05) is 12.1 Å². The van der Waals surface area contributed by atoms with Crippen LogP contribution in [-0.4, -0.2) is 24.1 Å². The highest BCUT2D eigenvalue weighted by atomic mass is 32.2. The lowest BCUT2D eigenvalue weighted by Gasteiger charge is -2.09. The third kappa shape index (κ3) is 3.40. The Morgan fingerprint density at radius 2 is 1.96 bits per heavy atom. The average molecular weight is 332 g/mol. The first-order chi connectivity index (χ1) is 10.8. The van der Waals surface area contributed by atoms with Gasteiger partial charge in [-0.15, -0.1) is 0 Å². The highest BCUT2D eigenvalue weighted by molar-refractivity contribution is 7.90. The lowest BCUT2D eigenvalue weighted by Crippen LogP contribution is -2.34. The minimum absolute atomic E-state index is 0.0187. The van der Waals surface area contributed by atoms with Crippen molar-refractivity contribution in [1.29, 1.82) is 5.26 Å². The van der Waals surface area contributed by atoms with E-state index in [1.165, 1.54) is 22.9 Å². The van der Waals surface area contributed by atoms with Gasteiger partial charge in [-0.2, -0.15) is 10.4 Å². The van der Waals surface area contributed by atoms with Crippen LogP contribution in [-0.2, 0) is 21.4 Å². The van der Waals surface area contributed by atoms with E-state index in [1.807, 2.05) is 25.5 Å². The van der Waals surface area contributed by atoms with Crippen molar-refractivity contribution in [2.45, 2.75) is 32.2 Å². The Morgan fingerprint density at radius 3 is 2.52 bits per heavy atom. The van der Waals surface area contributed by atoms with E-state index >= 15 is 0 Å². The fourth-order valence-corrected chi connectivity index (χ4v) is 3.24. The molecule has 0 bridgehead atoms. The first-order valence-electron chi connectivity index (χ1n) is 6.81. The lowest BCUT2D eigenvalue weighted by atomic mass is 10.2. The number of hydrogen-bond donors (Lipinski definition) is 1. The maximum Gasteiger partial charge on any atom is 0.265 e. The van der Waals surface area contributed by atoms with Crippen LogP contribution < -0.4 is 4.72 Å². The monoisotopic (exact) mass is 332 g/mol. The Hall–Kier alpha value is -2.66. The molecule has 0 saturated heterocycles. The van der Waals surface area contributed by atoms with Gasteiger partial charge in [0.05, 0.1) is 11.3 Å². The Bertz CT molecular complexity index is 907. The molecule has 2 aromatic rings. The summed E-state index contributed by atoms with van der Waals surface area (Å²) in [7, 11) is -4.10. The predicted molar refractivity (Wildman–Crippen MR) is 82.9 cm³/mol. The van der Waals surface area contributed by atoms with Crippen molar-refractivity contribution in [3.63, 3.8) is 0 Å². The zero-order chi connectivity index (χ0) is 17.2. The molecule has 0 aliphatic carbocycles. The number of nitrogens with one attached hydrogen (secondary N) is 1. The van der Waals surface area contributed by atoms with Crippen LogP contribution in [0.2, 0.25) is 0 Å². The SMILES string of the molecule is Cc1nn(CC(=O)NS(=O)(=O)c2ccccc2C#N)c(C)c1C. The Labute approximate surface area is 134 Å². The van der Waals surface area contributed by atoms with Crippen molar-refractivity contribution >= 4 is 15.9 Å². The maximum atomic E-state index is 12.3. The number of aryl methyl sites for hydroxylation is 1. The number of hydrogen-bond acceptors (Lipinski definition) is 5. The van der Waals surface area contributed by atoms with E-state index in [0.29, 0.717) is 0 Å². The number of nitriles is 1. The molecule has 0 fully saturated rings. The van der Waals surface area contributed by atoms with Crippen LogP contribution in [0, 0.1) is 32.1 Å². The van der Waals surface area contributed by atoms with E-state index in [0.717, 1.165) is 17.0 Å². The summed E-state index contributed by atoms with van der Waals surface area (Å²) in [4.78, 5) is 11.8. The average Bonchev–Trinajstić information content (AvgIpc) is 2.73. The van der Waals surface area contributed by atoms with Gasteiger partial charge < -0.3 is 0 Å². The molecular weight excluding hydrogens is 316 g/mol. The fraction of sp³-hybridized carbons (Fsp3) is 0.267. The highest BCUT2D eigenvalue weighted by Crippen LogP contribution is 2.14. The molecule has 1 aromatic heterocycles. The Kier molecular flexibility index (Phi) is 4.52. The number of carbonyl (C=O) groups excluding carboxylic acids is 1. The van der Waals surface area contributed by atoms with Crippen LogP contribution >= 0.6 is 0 Å². The van der Waals surface area contributed by atoms with E-state index in [-0.39, 0.29) is 17.0 Å². The third-order valence-corrected chi connectivity index (χ3v) is 5.01. The van der Waals surface area contributed by atoms with Gasteiger partial charge >= 0.3 is 0 Å². The molecule has 1 aromatic carbocycles. The van der Waals surface area contributed by atoms with Gasteiger partial charge in [0.25, 0.3) is 15.9 Å². The molecular formula is C15H16N4O3S. The topological polar surface area (TPSA) is 105 Å². The quantitative estimate of drug-likeness (QED) is 0.905. The Balaban J connectivity index is 2.22. The van der Waals surface area contributed by atoms with Crippen molar-refractivity contribution < 1.29 is 13.2 Å². The number of rotatable bonds is 4. The van der Waals surface area contributed by atoms with Crippen LogP contribution in [0.15, 0.2) is 29.2 Å². The summed E-state index contributed by atoms with van der Waals surface area (Å²) in [6.45, 7) is 5.29. The summed E-state index contributed by atoms with van der Waals surface area (Å²) in [5.74, 6) is -0.719. The number of carbonyl (C=O) groups is 1. The van der Waals surface area contributed by atoms with Gasteiger partial charge in [0, 0.05) is 5.69 Å². The molecule has 0 atom stereocenters. The van der Waals surface area contributed by atoms with Gasteiger partial charge in [-0.25, -0.2) is 13.1 Å². The molecule has 1 amide bonds. The van der Waals surface area contributed by atoms with Crippen molar-refractivity contribution in [1.82, 2.24) is 14.5 Å². The molecule has 7 nitrogen and oxygen atoms in total. The normalized spacial score (nSPS) is 11.0. The van der Waals surface area contributed by atoms with Crippen LogP contribution in [0.4, 0.5) is 0 Å². The second kappa shape index (κ2) is 6.22. The van der Waals surface area contributed by atoms with E-state index in [2.05, 4.69) is 5.10 Å². The van der Waals surface area contributed by atoms with Crippen LogP contribution in [0.25, 0.3) is 0 Å². The molecule has 23 heavy (non-hydrogen) atoms. The summed E-state index contributed by atoms with van der Waals surface area (Å²) < 4.78 is 27.9. The molecule has 0 spiro atoms. The van der Waals surface area contributed by atoms with Crippen LogP contribution in [0.3, 0.4) is 0 Å². The van der Waals surface area contributed by atoms with Gasteiger partial charge in [-0.3, -0.25) is 9.48 Å². The number of sulfonamides is 1. The molecule has 120 valence electrons. The van der Waals surface area contributed by atoms with E-state index in [4.69, 9.17) is 5.26 Å². The molecule has 0 aliphatic heterocycles. The molecule has 1 heterocycles. The first kappa shape index (κ1) is 16.7. The minimum Gasteiger partial charge on any atom is -0.272 e. The smallest absolute Gasteiger partial charge is 0.265 e. The first-order valence-corrected chi connectivity index (χ1v) is 8.30. The highest BCUT2D eigenvalue weighted by Gasteiger charge is 2.21. The van der Waals surface area contributed by atoms with Gasteiger partial charge in [-0.05, 0) is 38.5 Å². The molecule has 0 aliphatic rings. The van der Waals surface area contributed by atoms with Crippen molar-refractivity contribution in [2.75, 3.05) is 0 Å².